The highest BCUT2D eigenvalue weighted by Gasteiger charge is 2.18. The van der Waals surface area contributed by atoms with Gasteiger partial charge in [0.15, 0.2) is 11.5 Å². The number of thioether (sulfide) groups is 1. The molecule has 1 heterocycles. The Balaban J connectivity index is 1.92. The number of nitriles is 1. The number of ether oxygens (including phenoxy) is 1. The van der Waals surface area contributed by atoms with Gasteiger partial charge in [-0.25, -0.2) is 4.79 Å². The van der Waals surface area contributed by atoms with E-state index in [1.54, 1.807) is 18.2 Å². The second-order valence-electron chi connectivity index (χ2n) is 4.47. The molecular formula is C15H14N4O3S2. The summed E-state index contributed by atoms with van der Waals surface area (Å²) in [7, 11) is 0. The largest absolute Gasteiger partial charge is 0.451 e. The van der Waals surface area contributed by atoms with Crippen molar-refractivity contribution in [3.8, 4) is 6.07 Å². The van der Waals surface area contributed by atoms with Crippen LogP contribution in [0.2, 0.25) is 0 Å². The van der Waals surface area contributed by atoms with Crippen molar-refractivity contribution in [1.82, 2.24) is 9.59 Å². The molecule has 0 aliphatic heterocycles. The molecule has 24 heavy (non-hydrogen) atoms. The van der Waals surface area contributed by atoms with Gasteiger partial charge in [-0.15, -0.1) is 16.9 Å². The molecule has 0 bridgehead atoms. The number of carbonyl (C=O) groups is 2. The minimum absolute atomic E-state index is 0.278. The highest BCUT2D eigenvalue weighted by molar-refractivity contribution is 7.99. The number of benzene rings is 1. The van der Waals surface area contributed by atoms with Crippen LogP contribution in [0.25, 0.3) is 0 Å². The van der Waals surface area contributed by atoms with Crippen molar-refractivity contribution in [1.29, 1.82) is 5.26 Å². The molecule has 1 N–H and O–H groups in total. The molecule has 0 unspecified atom stereocenters. The normalized spacial score (nSPS) is 10.0. The molecule has 0 aliphatic carbocycles. The zero-order valence-electron chi connectivity index (χ0n) is 12.8. The number of esters is 1. The molecular weight excluding hydrogens is 348 g/mol. The van der Waals surface area contributed by atoms with Crippen LogP contribution in [0.15, 0.2) is 29.2 Å². The quantitative estimate of drug-likeness (QED) is 0.596. The highest BCUT2D eigenvalue weighted by atomic mass is 32.2. The number of nitrogens with one attached hydrogen (secondary N) is 1. The fourth-order valence-corrected chi connectivity index (χ4v) is 3.10. The van der Waals surface area contributed by atoms with Gasteiger partial charge >= 0.3 is 5.97 Å². The Hall–Kier alpha value is -2.44. The molecule has 2 aromatic rings. The van der Waals surface area contributed by atoms with Crippen LogP contribution < -0.4 is 5.32 Å². The Morgan fingerprint density at radius 3 is 2.96 bits per heavy atom. The number of aromatic nitrogens is 2. The van der Waals surface area contributed by atoms with Crippen LogP contribution in [-0.2, 0) is 16.0 Å². The zero-order chi connectivity index (χ0) is 17.4. The maximum absolute atomic E-state index is 12.0. The van der Waals surface area contributed by atoms with Crippen LogP contribution in [0.4, 0.5) is 5.69 Å². The van der Waals surface area contributed by atoms with Gasteiger partial charge in [0.1, 0.15) is 0 Å². The van der Waals surface area contributed by atoms with Gasteiger partial charge in [0.25, 0.3) is 5.91 Å². The summed E-state index contributed by atoms with van der Waals surface area (Å²) in [6.07, 6.45) is 0.566. The van der Waals surface area contributed by atoms with Gasteiger partial charge in [0.05, 0.1) is 23.2 Å². The smallest absolute Gasteiger partial charge is 0.352 e. The van der Waals surface area contributed by atoms with Gasteiger partial charge in [-0.3, -0.25) is 4.79 Å². The average molecular weight is 362 g/mol. The Morgan fingerprint density at radius 2 is 2.21 bits per heavy atom. The molecule has 1 aromatic heterocycles. The number of carbonyl (C=O) groups excluding carboxylic acids is 2. The van der Waals surface area contributed by atoms with Crippen LogP contribution in [0.3, 0.4) is 0 Å². The van der Waals surface area contributed by atoms with Gasteiger partial charge in [0.2, 0.25) is 0 Å². The minimum atomic E-state index is -0.607. The highest BCUT2D eigenvalue weighted by Crippen LogP contribution is 2.26. The molecule has 2 rings (SSSR count). The molecule has 0 atom stereocenters. The van der Waals surface area contributed by atoms with Crippen LogP contribution in [0.5, 0.6) is 0 Å². The predicted molar refractivity (Wildman–Crippen MR) is 91.0 cm³/mol. The van der Waals surface area contributed by atoms with Gasteiger partial charge < -0.3 is 10.1 Å². The third-order valence-electron chi connectivity index (χ3n) is 2.86. The van der Waals surface area contributed by atoms with Gasteiger partial charge in [-0.2, -0.15) is 5.26 Å². The van der Waals surface area contributed by atoms with E-state index in [0.717, 1.165) is 16.4 Å². The molecule has 9 heteroatoms. The predicted octanol–water partition coefficient (Wildman–Crippen LogP) is 2.51. The van der Waals surface area contributed by atoms with Crippen LogP contribution >= 0.6 is 23.3 Å². The lowest BCUT2D eigenvalue weighted by molar-refractivity contribution is -0.119. The second kappa shape index (κ2) is 9.00. The van der Waals surface area contributed by atoms with Gasteiger partial charge in [-0.1, -0.05) is 23.5 Å². The molecule has 1 amide bonds. The standard InChI is InChI=1S/C15H14N4O3S2/c1-2-10-14(24-19-18-10)15(21)22-9-13(20)17-11-5-3-4-6-12(11)23-8-7-16/h3-6H,2,8-9H2,1H3,(H,17,20). The van der Waals surface area contributed by atoms with Crippen LogP contribution in [0, 0.1) is 11.3 Å². The number of hydrogen-bond acceptors (Lipinski definition) is 8. The first-order valence-corrected chi connectivity index (χ1v) is 8.78. The van der Waals surface area contributed by atoms with E-state index in [1.807, 2.05) is 19.1 Å². The van der Waals surface area contributed by atoms with E-state index in [-0.39, 0.29) is 5.75 Å². The number of nitrogens with zero attached hydrogens (tertiary/aromatic N) is 3. The summed E-state index contributed by atoms with van der Waals surface area (Å²) in [6, 6.07) is 9.15. The summed E-state index contributed by atoms with van der Waals surface area (Å²) in [5, 5.41) is 15.2. The van der Waals surface area contributed by atoms with Gasteiger partial charge in [0, 0.05) is 4.90 Å². The topological polar surface area (TPSA) is 105 Å². The molecule has 0 aliphatic rings. The Morgan fingerprint density at radius 1 is 1.42 bits per heavy atom. The molecule has 7 nitrogen and oxygen atoms in total. The Bertz CT molecular complexity index is 770. The summed E-state index contributed by atoms with van der Waals surface area (Å²) in [6.45, 7) is 1.45. The van der Waals surface area contributed by atoms with Crippen molar-refractivity contribution in [3.05, 3.63) is 34.8 Å². The first-order chi connectivity index (χ1) is 11.7. The fourth-order valence-electron chi connectivity index (χ4n) is 1.78. The van der Waals surface area contributed by atoms with Crippen LogP contribution in [0.1, 0.15) is 22.3 Å². The molecule has 0 radical (unpaired) electrons. The number of hydrogen-bond donors (Lipinski definition) is 1. The fraction of sp³-hybridized carbons (Fsp3) is 0.267. The monoisotopic (exact) mass is 362 g/mol. The number of aryl methyl sites for hydroxylation is 1. The maximum Gasteiger partial charge on any atom is 0.352 e. The SMILES string of the molecule is CCc1nnsc1C(=O)OCC(=O)Nc1ccccc1SCC#N. The molecule has 0 spiro atoms. The summed E-state index contributed by atoms with van der Waals surface area (Å²) in [5.74, 6) is -0.784. The number of anilines is 1. The van der Waals surface area contributed by atoms with E-state index in [1.165, 1.54) is 11.8 Å². The first-order valence-electron chi connectivity index (χ1n) is 7.02. The summed E-state index contributed by atoms with van der Waals surface area (Å²) in [5.41, 5.74) is 1.14. The molecule has 124 valence electrons. The molecule has 0 fully saturated rings. The summed E-state index contributed by atoms with van der Waals surface area (Å²) in [4.78, 5) is 25.0. The average Bonchev–Trinajstić information content (AvgIpc) is 3.07. The maximum atomic E-state index is 12.0. The van der Waals surface area contributed by atoms with Crippen molar-refractivity contribution in [2.24, 2.45) is 0 Å². The summed E-state index contributed by atoms with van der Waals surface area (Å²) < 4.78 is 8.71. The third-order valence-corrected chi connectivity index (χ3v) is 4.55. The number of amides is 1. The number of para-hydroxylation sites is 1. The lowest BCUT2D eigenvalue weighted by atomic mass is 10.3. The second-order valence-corrected chi connectivity index (χ2v) is 6.24. The van der Waals surface area contributed by atoms with Crippen molar-refractivity contribution in [2.75, 3.05) is 17.7 Å². The van der Waals surface area contributed by atoms with Crippen molar-refractivity contribution in [2.45, 2.75) is 18.2 Å². The lowest BCUT2D eigenvalue weighted by Crippen LogP contribution is -2.21. The van der Waals surface area contributed by atoms with E-state index >= 15 is 0 Å². The van der Waals surface area contributed by atoms with E-state index < -0.39 is 18.5 Å². The molecule has 1 aromatic carbocycles. The van der Waals surface area contributed by atoms with Crippen molar-refractivity contribution >= 4 is 40.9 Å². The summed E-state index contributed by atoms with van der Waals surface area (Å²) >= 11 is 2.27. The van der Waals surface area contributed by atoms with E-state index in [0.29, 0.717) is 22.7 Å². The third kappa shape index (κ3) is 4.78. The zero-order valence-corrected chi connectivity index (χ0v) is 14.4. The minimum Gasteiger partial charge on any atom is -0.451 e. The number of rotatable bonds is 7. The first kappa shape index (κ1) is 17.9. The van der Waals surface area contributed by atoms with E-state index in [9.17, 15) is 9.59 Å². The van der Waals surface area contributed by atoms with E-state index in [4.69, 9.17) is 10.00 Å². The molecule has 0 saturated heterocycles. The van der Waals surface area contributed by atoms with E-state index in [2.05, 4.69) is 14.9 Å². The molecule has 0 saturated carbocycles. The lowest BCUT2D eigenvalue weighted by Gasteiger charge is -2.09. The van der Waals surface area contributed by atoms with Gasteiger partial charge in [-0.05, 0) is 30.1 Å². The Labute approximate surface area is 147 Å². The van der Waals surface area contributed by atoms with Crippen molar-refractivity contribution < 1.29 is 14.3 Å². The van der Waals surface area contributed by atoms with Crippen LogP contribution in [-0.4, -0.2) is 33.8 Å². The Kier molecular flexibility index (Phi) is 6.72. The van der Waals surface area contributed by atoms with Crippen molar-refractivity contribution in [3.63, 3.8) is 0 Å².